The summed E-state index contributed by atoms with van der Waals surface area (Å²) >= 11 is 0. The highest BCUT2D eigenvalue weighted by molar-refractivity contribution is 5.76. The first-order valence-electron chi connectivity index (χ1n) is 8.72. The second kappa shape index (κ2) is 6.63. The summed E-state index contributed by atoms with van der Waals surface area (Å²) < 4.78 is 0. The van der Waals surface area contributed by atoms with E-state index in [2.05, 4.69) is 20.2 Å². The van der Waals surface area contributed by atoms with Gasteiger partial charge in [-0.2, -0.15) is 0 Å². The Labute approximate surface area is 147 Å². The Hall–Kier alpha value is -2.76. The van der Waals surface area contributed by atoms with Crippen molar-refractivity contribution in [3.05, 3.63) is 48.0 Å². The van der Waals surface area contributed by atoms with Gasteiger partial charge in [0.05, 0.1) is 16.7 Å². The van der Waals surface area contributed by atoms with Crippen LogP contribution in [0.5, 0.6) is 0 Å². The van der Waals surface area contributed by atoms with E-state index in [1.54, 1.807) is 6.33 Å². The molecular formula is C19H22N6. The third-order valence-electron chi connectivity index (χ3n) is 4.67. The lowest BCUT2D eigenvalue weighted by Crippen LogP contribution is -2.40. The predicted molar refractivity (Wildman–Crippen MR) is 99.9 cm³/mol. The van der Waals surface area contributed by atoms with E-state index >= 15 is 0 Å². The molecule has 1 saturated heterocycles. The minimum absolute atomic E-state index is 0.430. The second-order valence-electron chi connectivity index (χ2n) is 6.57. The molecule has 0 atom stereocenters. The van der Waals surface area contributed by atoms with Crippen molar-refractivity contribution in [2.75, 3.05) is 23.3 Å². The zero-order valence-electron chi connectivity index (χ0n) is 14.6. The van der Waals surface area contributed by atoms with Gasteiger partial charge in [-0.25, -0.2) is 19.9 Å². The Bertz CT molecular complexity index is 886. The summed E-state index contributed by atoms with van der Waals surface area (Å²) in [4.78, 5) is 20.3. The average molecular weight is 334 g/mol. The number of hydrogen-bond donors (Lipinski definition) is 1. The molecule has 0 bridgehead atoms. The number of nitrogens with zero attached hydrogens (tertiary/aromatic N) is 5. The van der Waals surface area contributed by atoms with E-state index in [-0.39, 0.29) is 0 Å². The summed E-state index contributed by atoms with van der Waals surface area (Å²) in [6, 6.07) is 10.5. The average Bonchev–Trinajstić information content (AvgIpc) is 2.62. The molecule has 0 spiro atoms. The highest BCUT2D eigenvalue weighted by Gasteiger charge is 2.22. The summed E-state index contributed by atoms with van der Waals surface area (Å²) in [6.07, 6.45) is 3.72. The summed E-state index contributed by atoms with van der Waals surface area (Å²) in [5.74, 6) is 1.92. The number of hydrogen-bond acceptors (Lipinski definition) is 6. The number of nitrogens with one attached hydrogen (secondary N) is 1. The molecule has 6 heteroatoms. The van der Waals surface area contributed by atoms with Gasteiger partial charge in [0, 0.05) is 30.9 Å². The maximum atomic E-state index is 4.84. The van der Waals surface area contributed by atoms with Crippen molar-refractivity contribution in [3.63, 3.8) is 0 Å². The maximum Gasteiger partial charge on any atom is 0.150 e. The SMILES string of the molecule is Cc1cc(NC2CCN(c3nc4ccccc4nc3C)CC2)ncn1. The smallest absolute Gasteiger partial charge is 0.150 e. The molecule has 3 heterocycles. The maximum absolute atomic E-state index is 4.84. The first kappa shape index (κ1) is 15.7. The van der Waals surface area contributed by atoms with Gasteiger partial charge in [0.25, 0.3) is 0 Å². The van der Waals surface area contributed by atoms with Gasteiger partial charge in [-0.15, -0.1) is 0 Å². The normalized spacial score (nSPS) is 15.5. The van der Waals surface area contributed by atoms with Crippen LogP contribution in [0.3, 0.4) is 0 Å². The summed E-state index contributed by atoms with van der Waals surface area (Å²) in [5.41, 5.74) is 3.90. The zero-order valence-corrected chi connectivity index (χ0v) is 14.6. The van der Waals surface area contributed by atoms with Crippen LogP contribution in [0.2, 0.25) is 0 Å². The highest BCUT2D eigenvalue weighted by Crippen LogP contribution is 2.24. The van der Waals surface area contributed by atoms with Gasteiger partial charge in [0.15, 0.2) is 5.82 Å². The van der Waals surface area contributed by atoms with Gasteiger partial charge in [0.2, 0.25) is 0 Å². The number of fused-ring (bicyclic) bond motifs is 1. The summed E-state index contributed by atoms with van der Waals surface area (Å²) in [6.45, 7) is 5.96. The van der Waals surface area contributed by atoms with Crippen LogP contribution < -0.4 is 10.2 Å². The van der Waals surface area contributed by atoms with Crippen LogP contribution in [0.1, 0.15) is 24.2 Å². The largest absolute Gasteiger partial charge is 0.367 e. The number of para-hydroxylation sites is 2. The van der Waals surface area contributed by atoms with Crippen LogP contribution in [0, 0.1) is 13.8 Å². The van der Waals surface area contributed by atoms with Crippen molar-refractivity contribution >= 4 is 22.7 Å². The number of anilines is 2. The molecule has 0 radical (unpaired) electrons. The number of benzene rings is 1. The van der Waals surface area contributed by atoms with Crippen LogP contribution in [0.4, 0.5) is 11.6 Å². The third-order valence-corrected chi connectivity index (χ3v) is 4.67. The molecule has 1 aliphatic heterocycles. The Morgan fingerprint density at radius 1 is 1.00 bits per heavy atom. The van der Waals surface area contributed by atoms with E-state index in [4.69, 9.17) is 9.97 Å². The van der Waals surface area contributed by atoms with E-state index in [9.17, 15) is 0 Å². The monoisotopic (exact) mass is 334 g/mol. The third kappa shape index (κ3) is 3.38. The van der Waals surface area contributed by atoms with Gasteiger partial charge in [-0.3, -0.25) is 0 Å². The van der Waals surface area contributed by atoms with Gasteiger partial charge in [-0.05, 0) is 38.8 Å². The van der Waals surface area contributed by atoms with Gasteiger partial charge in [0.1, 0.15) is 12.1 Å². The molecule has 0 amide bonds. The van der Waals surface area contributed by atoms with Crippen molar-refractivity contribution in [1.29, 1.82) is 0 Å². The van der Waals surface area contributed by atoms with E-state index in [0.717, 1.165) is 60.0 Å². The van der Waals surface area contributed by atoms with E-state index in [1.165, 1.54) is 0 Å². The molecule has 1 N–H and O–H groups in total. The van der Waals surface area contributed by atoms with E-state index in [0.29, 0.717) is 6.04 Å². The van der Waals surface area contributed by atoms with Crippen molar-refractivity contribution in [2.45, 2.75) is 32.7 Å². The lowest BCUT2D eigenvalue weighted by atomic mass is 10.0. The quantitative estimate of drug-likeness (QED) is 0.794. The number of piperidine rings is 1. The van der Waals surface area contributed by atoms with Crippen LogP contribution in [0.25, 0.3) is 11.0 Å². The van der Waals surface area contributed by atoms with Crippen molar-refractivity contribution in [1.82, 2.24) is 19.9 Å². The first-order chi connectivity index (χ1) is 12.2. The Morgan fingerprint density at radius 2 is 1.72 bits per heavy atom. The molecule has 6 nitrogen and oxygen atoms in total. The molecule has 2 aromatic heterocycles. The molecule has 1 aliphatic rings. The minimum atomic E-state index is 0.430. The number of rotatable bonds is 3. The molecule has 1 fully saturated rings. The molecule has 0 unspecified atom stereocenters. The molecule has 0 aliphatic carbocycles. The van der Waals surface area contributed by atoms with Crippen LogP contribution in [-0.2, 0) is 0 Å². The Kier molecular flexibility index (Phi) is 4.17. The molecular weight excluding hydrogens is 312 g/mol. The van der Waals surface area contributed by atoms with Crippen LogP contribution in [-0.4, -0.2) is 39.1 Å². The van der Waals surface area contributed by atoms with Gasteiger partial charge >= 0.3 is 0 Å². The predicted octanol–water partition coefficient (Wildman–Crippen LogP) is 3.12. The topological polar surface area (TPSA) is 66.8 Å². The lowest BCUT2D eigenvalue weighted by molar-refractivity contribution is 0.521. The van der Waals surface area contributed by atoms with Crippen molar-refractivity contribution in [2.24, 2.45) is 0 Å². The number of aryl methyl sites for hydroxylation is 2. The fraction of sp³-hybridized carbons (Fsp3) is 0.368. The fourth-order valence-corrected chi connectivity index (χ4v) is 3.36. The van der Waals surface area contributed by atoms with E-state index in [1.807, 2.05) is 44.2 Å². The van der Waals surface area contributed by atoms with Crippen molar-refractivity contribution in [3.8, 4) is 0 Å². The van der Waals surface area contributed by atoms with Crippen molar-refractivity contribution < 1.29 is 0 Å². The molecule has 1 aromatic carbocycles. The standard InChI is InChI=1S/C19H22N6/c1-13-11-18(21-12-20-13)23-15-7-9-25(10-8-15)19-14(2)22-16-5-3-4-6-17(16)24-19/h3-6,11-12,15H,7-10H2,1-2H3,(H,20,21,23). The molecule has 0 saturated carbocycles. The minimum Gasteiger partial charge on any atom is -0.367 e. The zero-order chi connectivity index (χ0) is 17.2. The van der Waals surface area contributed by atoms with Crippen LogP contribution in [0.15, 0.2) is 36.7 Å². The molecule has 3 aromatic rings. The van der Waals surface area contributed by atoms with Gasteiger partial charge < -0.3 is 10.2 Å². The Morgan fingerprint density at radius 3 is 2.44 bits per heavy atom. The molecule has 25 heavy (non-hydrogen) atoms. The first-order valence-corrected chi connectivity index (χ1v) is 8.72. The second-order valence-corrected chi connectivity index (χ2v) is 6.57. The van der Waals surface area contributed by atoms with Gasteiger partial charge in [-0.1, -0.05) is 12.1 Å². The highest BCUT2D eigenvalue weighted by atomic mass is 15.2. The van der Waals surface area contributed by atoms with Crippen LogP contribution >= 0.6 is 0 Å². The molecule has 128 valence electrons. The lowest BCUT2D eigenvalue weighted by Gasteiger charge is -2.34. The van der Waals surface area contributed by atoms with E-state index < -0.39 is 0 Å². The summed E-state index contributed by atoms with van der Waals surface area (Å²) in [5, 5.41) is 3.52. The fourth-order valence-electron chi connectivity index (χ4n) is 3.36. The Balaban J connectivity index is 1.46. The molecule has 4 rings (SSSR count). The number of aromatic nitrogens is 4. The summed E-state index contributed by atoms with van der Waals surface area (Å²) in [7, 11) is 0.